The minimum Gasteiger partial charge on any atom is -0.374 e. The van der Waals surface area contributed by atoms with Gasteiger partial charge in [0.25, 0.3) is 0 Å². The van der Waals surface area contributed by atoms with Crippen LogP contribution in [0.2, 0.25) is 10.0 Å². The number of carbonyl (C=O) groups excluding carboxylic acids is 1. The zero-order valence-electron chi connectivity index (χ0n) is 17.5. The molecule has 6 nitrogen and oxygen atoms in total. The first-order valence-electron chi connectivity index (χ1n) is 10.1. The van der Waals surface area contributed by atoms with E-state index in [2.05, 4.69) is 5.32 Å². The van der Waals surface area contributed by atoms with Crippen molar-refractivity contribution in [2.75, 3.05) is 18.4 Å². The number of amides is 1. The monoisotopic (exact) mass is 484 g/mol. The second-order valence-electron chi connectivity index (χ2n) is 7.80. The van der Waals surface area contributed by atoms with E-state index >= 15 is 0 Å². The number of rotatable bonds is 7. The predicted molar refractivity (Wildman–Crippen MR) is 123 cm³/mol. The lowest BCUT2D eigenvalue weighted by molar-refractivity contribution is -0.120. The zero-order chi connectivity index (χ0) is 22.6. The van der Waals surface area contributed by atoms with Crippen LogP contribution in [0.25, 0.3) is 0 Å². The SMILES string of the molecule is CC(C)OCc1cccc(NC(=O)C2CCN(S(=O)(=O)c3cc(Cl)ccc3Cl)CC2)c1. The van der Waals surface area contributed by atoms with Crippen molar-refractivity contribution in [3.05, 3.63) is 58.1 Å². The van der Waals surface area contributed by atoms with Crippen LogP contribution in [0.3, 0.4) is 0 Å². The van der Waals surface area contributed by atoms with E-state index in [1.165, 1.54) is 16.4 Å². The summed E-state index contributed by atoms with van der Waals surface area (Å²) in [6, 6.07) is 11.9. The molecule has 3 rings (SSSR count). The molecule has 0 atom stereocenters. The Labute approximate surface area is 193 Å². The molecule has 0 radical (unpaired) electrons. The van der Waals surface area contributed by atoms with Gasteiger partial charge in [0.05, 0.1) is 17.7 Å². The minimum atomic E-state index is -3.77. The van der Waals surface area contributed by atoms with Crippen LogP contribution >= 0.6 is 23.2 Å². The van der Waals surface area contributed by atoms with Gasteiger partial charge in [0.15, 0.2) is 0 Å². The Bertz CT molecular complexity index is 1040. The molecule has 0 spiro atoms. The van der Waals surface area contributed by atoms with E-state index in [0.29, 0.717) is 30.2 Å². The molecule has 168 valence electrons. The number of halogens is 2. The lowest BCUT2D eigenvalue weighted by atomic mass is 9.97. The number of benzene rings is 2. The maximum Gasteiger partial charge on any atom is 0.244 e. The van der Waals surface area contributed by atoms with Crippen LogP contribution in [0.1, 0.15) is 32.3 Å². The summed E-state index contributed by atoms with van der Waals surface area (Å²) in [6.45, 7) is 4.90. The molecule has 0 bridgehead atoms. The maximum absolute atomic E-state index is 12.9. The smallest absolute Gasteiger partial charge is 0.244 e. The summed E-state index contributed by atoms with van der Waals surface area (Å²) in [5, 5.41) is 3.37. The van der Waals surface area contributed by atoms with Gasteiger partial charge in [-0.05, 0) is 62.6 Å². The van der Waals surface area contributed by atoms with E-state index in [4.69, 9.17) is 27.9 Å². The number of carbonyl (C=O) groups is 1. The van der Waals surface area contributed by atoms with Gasteiger partial charge in [-0.2, -0.15) is 4.31 Å². The van der Waals surface area contributed by atoms with Crippen molar-refractivity contribution >= 4 is 44.8 Å². The minimum absolute atomic E-state index is 0.00926. The Balaban J connectivity index is 1.60. The highest BCUT2D eigenvalue weighted by atomic mass is 35.5. The lowest BCUT2D eigenvalue weighted by Gasteiger charge is -2.30. The van der Waals surface area contributed by atoms with Crippen molar-refractivity contribution in [2.24, 2.45) is 5.92 Å². The normalized spacial score (nSPS) is 15.9. The standard InChI is InChI=1S/C22H26Cl2N2O4S/c1-15(2)30-14-16-4-3-5-19(12-16)25-22(27)17-8-10-26(11-9-17)31(28,29)21-13-18(23)6-7-20(21)24/h3-7,12-13,15,17H,8-11,14H2,1-2H3,(H,25,27). The summed E-state index contributed by atoms with van der Waals surface area (Å²) < 4.78 is 32.9. The van der Waals surface area contributed by atoms with Gasteiger partial charge in [-0.1, -0.05) is 35.3 Å². The molecular weight excluding hydrogens is 459 g/mol. The fourth-order valence-corrected chi connectivity index (χ4v) is 5.63. The van der Waals surface area contributed by atoms with E-state index in [1.807, 2.05) is 38.1 Å². The van der Waals surface area contributed by atoms with Crippen molar-refractivity contribution in [2.45, 2.75) is 44.3 Å². The number of anilines is 1. The Hall–Kier alpha value is -1.64. The van der Waals surface area contributed by atoms with Crippen molar-refractivity contribution in [1.82, 2.24) is 4.31 Å². The van der Waals surface area contributed by atoms with Crippen LogP contribution in [0.5, 0.6) is 0 Å². The van der Waals surface area contributed by atoms with Gasteiger partial charge in [-0.25, -0.2) is 8.42 Å². The van der Waals surface area contributed by atoms with Gasteiger partial charge >= 0.3 is 0 Å². The molecule has 1 aliphatic rings. The van der Waals surface area contributed by atoms with Crippen LogP contribution in [0.4, 0.5) is 5.69 Å². The number of nitrogens with zero attached hydrogens (tertiary/aromatic N) is 1. The molecule has 1 N–H and O–H groups in total. The van der Waals surface area contributed by atoms with E-state index in [0.717, 1.165) is 5.56 Å². The van der Waals surface area contributed by atoms with E-state index in [-0.39, 0.29) is 40.9 Å². The van der Waals surface area contributed by atoms with E-state index in [1.54, 1.807) is 6.07 Å². The number of hydrogen-bond donors (Lipinski definition) is 1. The molecule has 31 heavy (non-hydrogen) atoms. The zero-order valence-corrected chi connectivity index (χ0v) is 19.8. The molecule has 1 fully saturated rings. The fraction of sp³-hybridized carbons (Fsp3) is 0.409. The lowest BCUT2D eigenvalue weighted by Crippen LogP contribution is -2.41. The Morgan fingerprint density at radius 3 is 2.55 bits per heavy atom. The number of piperidine rings is 1. The summed E-state index contributed by atoms with van der Waals surface area (Å²) in [7, 11) is -3.77. The number of ether oxygens (including phenoxy) is 1. The molecule has 0 aromatic heterocycles. The van der Waals surface area contributed by atoms with Gasteiger partial charge in [0.2, 0.25) is 15.9 Å². The number of sulfonamides is 1. The Morgan fingerprint density at radius 1 is 1.16 bits per heavy atom. The first-order chi connectivity index (χ1) is 14.7. The van der Waals surface area contributed by atoms with E-state index in [9.17, 15) is 13.2 Å². The number of nitrogens with one attached hydrogen (secondary N) is 1. The summed E-state index contributed by atoms with van der Waals surface area (Å²) in [4.78, 5) is 12.7. The van der Waals surface area contributed by atoms with Crippen molar-refractivity contribution < 1.29 is 17.9 Å². The highest BCUT2D eigenvalue weighted by Crippen LogP contribution is 2.30. The van der Waals surface area contributed by atoms with E-state index < -0.39 is 10.0 Å². The Kier molecular flexibility index (Phi) is 7.99. The first-order valence-corrected chi connectivity index (χ1v) is 12.3. The fourth-order valence-electron chi connectivity index (χ4n) is 3.42. The molecule has 1 amide bonds. The number of hydrogen-bond acceptors (Lipinski definition) is 4. The summed E-state index contributed by atoms with van der Waals surface area (Å²) in [5.74, 6) is -0.378. The molecule has 0 saturated carbocycles. The molecule has 0 aliphatic carbocycles. The second kappa shape index (κ2) is 10.3. The Morgan fingerprint density at radius 2 is 1.87 bits per heavy atom. The van der Waals surface area contributed by atoms with Crippen LogP contribution in [0, 0.1) is 5.92 Å². The van der Waals surface area contributed by atoms with Gasteiger partial charge in [-0.3, -0.25) is 4.79 Å². The molecule has 1 saturated heterocycles. The van der Waals surface area contributed by atoms with Gasteiger partial charge in [0.1, 0.15) is 4.90 Å². The largest absolute Gasteiger partial charge is 0.374 e. The average molecular weight is 485 g/mol. The third-order valence-corrected chi connectivity index (χ3v) is 7.73. The van der Waals surface area contributed by atoms with Crippen LogP contribution in [-0.2, 0) is 26.2 Å². The van der Waals surface area contributed by atoms with Gasteiger partial charge < -0.3 is 10.1 Å². The predicted octanol–water partition coefficient (Wildman–Crippen LogP) is 4.96. The summed E-state index contributed by atoms with van der Waals surface area (Å²) in [5.41, 5.74) is 1.68. The molecule has 2 aromatic rings. The van der Waals surface area contributed by atoms with Crippen molar-refractivity contribution in [3.63, 3.8) is 0 Å². The molecule has 9 heteroatoms. The topological polar surface area (TPSA) is 75.7 Å². The molecule has 1 heterocycles. The molecular formula is C22H26Cl2N2O4S. The molecule has 2 aromatic carbocycles. The van der Waals surface area contributed by atoms with Crippen molar-refractivity contribution in [1.29, 1.82) is 0 Å². The van der Waals surface area contributed by atoms with Crippen molar-refractivity contribution in [3.8, 4) is 0 Å². The first kappa shape index (κ1) is 24.0. The van der Waals surface area contributed by atoms with Crippen LogP contribution < -0.4 is 5.32 Å². The highest BCUT2D eigenvalue weighted by molar-refractivity contribution is 7.89. The van der Waals surface area contributed by atoms with Crippen LogP contribution in [-0.4, -0.2) is 37.8 Å². The third-order valence-electron chi connectivity index (χ3n) is 5.11. The molecule has 0 unspecified atom stereocenters. The average Bonchev–Trinajstić information content (AvgIpc) is 2.74. The quantitative estimate of drug-likeness (QED) is 0.602. The third kappa shape index (κ3) is 6.20. The van der Waals surface area contributed by atoms with Gasteiger partial charge in [-0.15, -0.1) is 0 Å². The second-order valence-corrected chi connectivity index (χ2v) is 10.6. The summed E-state index contributed by atoms with van der Waals surface area (Å²) >= 11 is 12.0. The maximum atomic E-state index is 12.9. The highest BCUT2D eigenvalue weighted by Gasteiger charge is 2.33. The van der Waals surface area contributed by atoms with Gasteiger partial charge in [0, 0.05) is 29.7 Å². The molecule has 1 aliphatic heterocycles. The summed E-state index contributed by atoms with van der Waals surface area (Å²) in [6.07, 6.45) is 0.986. The van der Waals surface area contributed by atoms with Crippen LogP contribution in [0.15, 0.2) is 47.4 Å².